The molecule has 1 heterocycles. The van der Waals surface area contributed by atoms with Crippen molar-refractivity contribution in [3.63, 3.8) is 0 Å². The molecule has 186 valence electrons. The van der Waals surface area contributed by atoms with Crippen LogP contribution in [0.2, 0.25) is 0 Å². The van der Waals surface area contributed by atoms with Crippen LogP contribution in [0.5, 0.6) is 11.5 Å². The van der Waals surface area contributed by atoms with Gasteiger partial charge in [-0.25, -0.2) is 0 Å². The summed E-state index contributed by atoms with van der Waals surface area (Å²) >= 11 is 0. The Morgan fingerprint density at radius 3 is 2.17 bits per heavy atom. The summed E-state index contributed by atoms with van der Waals surface area (Å²) in [4.78, 5) is 0. The molecule has 0 saturated carbocycles. The molecule has 36 heavy (non-hydrogen) atoms. The van der Waals surface area contributed by atoms with Crippen molar-refractivity contribution in [1.82, 2.24) is 5.32 Å². The molecule has 0 aromatic heterocycles. The van der Waals surface area contributed by atoms with E-state index < -0.39 is 0 Å². The molecule has 1 N–H and O–H groups in total. The molecule has 1 fully saturated rings. The summed E-state index contributed by atoms with van der Waals surface area (Å²) in [5.74, 6) is 2.23. The first-order valence-electron chi connectivity index (χ1n) is 13.1. The van der Waals surface area contributed by atoms with Crippen molar-refractivity contribution >= 4 is 10.8 Å². The van der Waals surface area contributed by atoms with Crippen molar-refractivity contribution in [3.05, 3.63) is 108 Å². The highest BCUT2D eigenvalue weighted by molar-refractivity contribution is 5.82. The second-order valence-corrected chi connectivity index (χ2v) is 9.42. The third kappa shape index (κ3) is 6.66. The van der Waals surface area contributed by atoms with Gasteiger partial charge in [0.05, 0.1) is 25.9 Å². The van der Waals surface area contributed by atoms with Crippen LogP contribution in [-0.4, -0.2) is 32.4 Å². The topological polar surface area (TPSA) is 39.7 Å². The van der Waals surface area contributed by atoms with Crippen LogP contribution >= 0.6 is 0 Å². The summed E-state index contributed by atoms with van der Waals surface area (Å²) in [5.41, 5.74) is 2.54. The van der Waals surface area contributed by atoms with Gasteiger partial charge in [0.15, 0.2) is 0 Å². The molecule has 4 aromatic carbocycles. The Kier molecular flexibility index (Phi) is 8.50. The Morgan fingerprint density at radius 1 is 0.694 bits per heavy atom. The standard InChI is InChI=1S/C32H35NO3/c1-2-10-29(11-3-1)34-20-6-7-21-35-30-16-14-27(15-17-30)31-18-19-33-23-32(31)36-24-25-12-13-26-8-4-5-9-28(26)22-25/h1-5,8-17,22,31-33H,6-7,18-21,23-24H2. The van der Waals surface area contributed by atoms with E-state index in [1.807, 2.05) is 30.3 Å². The van der Waals surface area contributed by atoms with Gasteiger partial charge in [-0.15, -0.1) is 0 Å². The Bertz CT molecular complexity index is 1210. The molecule has 2 unspecified atom stereocenters. The number of fused-ring (bicyclic) bond motifs is 1. The van der Waals surface area contributed by atoms with Gasteiger partial charge in [-0.3, -0.25) is 0 Å². The van der Waals surface area contributed by atoms with Gasteiger partial charge >= 0.3 is 0 Å². The van der Waals surface area contributed by atoms with Crippen molar-refractivity contribution in [2.24, 2.45) is 0 Å². The lowest BCUT2D eigenvalue weighted by atomic mass is 9.87. The summed E-state index contributed by atoms with van der Waals surface area (Å²) in [6, 6.07) is 33.6. The summed E-state index contributed by atoms with van der Waals surface area (Å²) in [7, 11) is 0. The van der Waals surface area contributed by atoms with Crippen molar-refractivity contribution in [1.29, 1.82) is 0 Å². The number of hydrogen-bond acceptors (Lipinski definition) is 4. The van der Waals surface area contributed by atoms with Crippen molar-refractivity contribution < 1.29 is 14.2 Å². The maximum atomic E-state index is 6.44. The molecule has 0 spiro atoms. The number of hydrogen-bond donors (Lipinski definition) is 1. The highest BCUT2D eigenvalue weighted by Crippen LogP contribution is 2.30. The largest absolute Gasteiger partial charge is 0.494 e. The quantitative estimate of drug-likeness (QED) is 0.241. The van der Waals surface area contributed by atoms with Crippen LogP contribution in [0, 0.1) is 0 Å². The van der Waals surface area contributed by atoms with Gasteiger partial charge in [0, 0.05) is 12.5 Å². The van der Waals surface area contributed by atoms with Crippen LogP contribution in [0.25, 0.3) is 10.8 Å². The van der Waals surface area contributed by atoms with E-state index in [1.165, 1.54) is 21.9 Å². The summed E-state index contributed by atoms with van der Waals surface area (Å²) in [6.45, 7) is 3.93. The van der Waals surface area contributed by atoms with E-state index >= 15 is 0 Å². The fraction of sp³-hybridized carbons (Fsp3) is 0.312. The van der Waals surface area contributed by atoms with Crippen LogP contribution in [0.3, 0.4) is 0 Å². The number of unbranched alkanes of at least 4 members (excludes halogenated alkanes) is 1. The molecule has 0 amide bonds. The maximum absolute atomic E-state index is 6.44. The number of ether oxygens (including phenoxy) is 3. The smallest absolute Gasteiger partial charge is 0.119 e. The third-order valence-electron chi connectivity index (χ3n) is 6.83. The Hall–Kier alpha value is -3.34. The molecule has 1 aliphatic rings. The molecular formula is C32H35NO3. The molecule has 5 rings (SSSR count). The van der Waals surface area contributed by atoms with E-state index in [9.17, 15) is 0 Å². The van der Waals surface area contributed by atoms with Crippen molar-refractivity contribution in [2.45, 2.75) is 37.9 Å². The first-order valence-corrected chi connectivity index (χ1v) is 13.1. The van der Waals surface area contributed by atoms with Crippen molar-refractivity contribution in [3.8, 4) is 11.5 Å². The second kappa shape index (κ2) is 12.6. The molecule has 2 atom stereocenters. The summed E-state index contributed by atoms with van der Waals surface area (Å²) in [5, 5.41) is 6.03. The van der Waals surface area contributed by atoms with Gasteiger partial charge < -0.3 is 19.5 Å². The number of rotatable bonds is 11. The first-order chi connectivity index (χ1) is 17.8. The number of benzene rings is 4. The van der Waals surface area contributed by atoms with Crippen LogP contribution in [0.1, 0.15) is 36.3 Å². The lowest BCUT2D eigenvalue weighted by molar-refractivity contribution is 0.0106. The molecule has 4 aromatic rings. The van der Waals surface area contributed by atoms with Crippen LogP contribution in [0.15, 0.2) is 97.1 Å². The number of piperidine rings is 1. The zero-order valence-electron chi connectivity index (χ0n) is 20.8. The highest BCUT2D eigenvalue weighted by Gasteiger charge is 2.27. The maximum Gasteiger partial charge on any atom is 0.119 e. The minimum Gasteiger partial charge on any atom is -0.494 e. The second-order valence-electron chi connectivity index (χ2n) is 9.42. The van der Waals surface area contributed by atoms with Crippen LogP contribution in [-0.2, 0) is 11.3 Å². The molecular weight excluding hydrogens is 446 g/mol. The average molecular weight is 482 g/mol. The number of nitrogens with one attached hydrogen (secondary N) is 1. The van der Waals surface area contributed by atoms with E-state index in [-0.39, 0.29) is 6.10 Å². The van der Waals surface area contributed by atoms with Crippen molar-refractivity contribution in [2.75, 3.05) is 26.3 Å². The predicted octanol–water partition coefficient (Wildman–Crippen LogP) is 6.74. The first kappa shape index (κ1) is 24.4. The lowest BCUT2D eigenvalue weighted by Gasteiger charge is -2.32. The monoisotopic (exact) mass is 481 g/mol. The van der Waals surface area contributed by atoms with E-state index in [4.69, 9.17) is 14.2 Å². The summed E-state index contributed by atoms with van der Waals surface area (Å²) < 4.78 is 18.2. The Labute approximate surface area is 214 Å². The summed E-state index contributed by atoms with van der Waals surface area (Å²) in [6.07, 6.45) is 3.16. The SMILES string of the molecule is c1ccc(OCCCCOc2ccc(C3CCNCC3OCc3ccc4ccccc4c3)cc2)cc1. The zero-order chi connectivity index (χ0) is 24.4. The van der Waals surface area contributed by atoms with E-state index in [2.05, 4.69) is 72.0 Å². The van der Waals surface area contributed by atoms with Gasteiger partial charge in [-0.1, -0.05) is 66.7 Å². The molecule has 1 saturated heterocycles. The Balaban J connectivity index is 1.09. The Morgan fingerprint density at radius 2 is 1.39 bits per heavy atom. The highest BCUT2D eigenvalue weighted by atomic mass is 16.5. The fourth-order valence-corrected chi connectivity index (χ4v) is 4.83. The minimum atomic E-state index is 0.154. The predicted molar refractivity (Wildman–Crippen MR) is 146 cm³/mol. The van der Waals surface area contributed by atoms with Gasteiger partial charge in [-0.05, 0) is 78.0 Å². The molecule has 4 nitrogen and oxygen atoms in total. The molecule has 0 radical (unpaired) electrons. The molecule has 1 aliphatic heterocycles. The third-order valence-corrected chi connectivity index (χ3v) is 6.83. The van der Waals surface area contributed by atoms with E-state index in [1.54, 1.807) is 0 Å². The lowest BCUT2D eigenvalue weighted by Crippen LogP contribution is -2.40. The molecule has 4 heteroatoms. The van der Waals surface area contributed by atoms with Gasteiger partial charge in [-0.2, -0.15) is 0 Å². The number of para-hydroxylation sites is 1. The van der Waals surface area contributed by atoms with Gasteiger partial charge in [0.2, 0.25) is 0 Å². The molecule has 0 bridgehead atoms. The molecule has 0 aliphatic carbocycles. The van der Waals surface area contributed by atoms with E-state index in [0.29, 0.717) is 25.7 Å². The van der Waals surface area contributed by atoms with Crippen LogP contribution < -0.4 is 14.8 Å². The van der Waals surface area contributed by atoms with E-state index in [0.717, 1.165) is 43.9 Å². The van der Waals surface area contributed by atoms with Gasteiger partial charge in [0.25, 0.3) is 0 Å². The van der Waals surface area contributed by atoms with Gasteiger partial charge in [0.1, 0.15) is 11.5 Å². The zero-order valence-corrected chi connectivity index (χ0v) is 20.8. The normalized spacial score (nSPS) is 17.7. The minimum absolute atomic E-state index is 0.154. The fourth-order valence-electron chi connectivity index (χ4n) is 4.83. The average Bonchev–Trinajstić information content (AvgIpc) is 2.95. The van der Waals surface area contributed by atoms with Crippen LogP contribution in [0.4, 0.5) is 0 Å².